The van der Waals surface area contributed by atoms with E-state index in [1.807, 2.05) is 23.1 Å². The lowest BCUT2D eigenvalue weighted by molar-refractivity contribution is 0.1000. The highest BCUT2D eigenvalue weighted by atomic mass is 32.1. The number of urea groups is 1. The van der Waals surface area contributed by atoms with Crippen LogP contribution in [0.3, 0.4) is 0 Å². The maximum atomic E-state index is 12.7. The van der Waals surface area contributed by atoms with E-state index in [1.54, 1.807) is 34.6 Å². The van der Waals surface area contributed by atoms with Gasteiger partial charge in [0.15, 0.2) is 0 Å². The number of primary amides is 1. The summed E-state index contributed by atoms with van der Waals surface area (Å²) in [6.07, 6.45) is 1.64. The van der Waals surface area contributed by atoms with Crippen molar-refractivity contribution in [3.05, 3.63) is 47.1 Å². The van der Waals surface area contributed by atoms with Crippen LogP contribution in [0.15, 0.2) is 36.5 Å². The number of benzene rings is 1. The first kappa shape index (κ1) is 20.1. The average Bonchev–Trinajstić information content (AvgIpc) is 3.17. The van der Waals surface area contributed by atoms with Crippen LogP contribution in [0.5, 0.6) is 0 Å². The van der Waals surface area contributed by atoms with Crippen molar-refractivity contribution in [2.45, 2.75) is 19.8 Å². The van der Waals surface area contributed by atoms with Crippen molar-refractivity contribution in [3.8, 4) is 0 Å². The number of fused-ring (bicyclic) bond motifs is 1. The summed E-state index contributed by atoms with van der Waals surface area (Å²) in [6.45, 7) is 6.46. The van der Waals surface area contributed by atoms with Gasteiger partial charge in [-0.15, -0.1) is 11.3 Å². The Kier molecular flexibility index (Phi) is 5.54. The Hall–Kier alpha value is -3.20. The molecule has 30 heavy (non-hydrogen) atoms. The Morgan fingerprint density at radius 3 is 2.63 bits per heavy atom. The van der Waals surface area contributed by atoms with E-state index in [1.165, 1.54) is 0 Å². The number of carbonyl (C=O) groups is 2. The van der Waals surface area contributed by atoms with E-state index in [0.717, 1.165) is 20.9 Å². The molecule has 0 bridgehead atoms. The Balaban J connectivity index is 1.40. The van der Waals surface area contributed by atoms with Gasteiger partial charge in [0.25, 0.3) is 5.91 Å². The molecule has 1 aliphatic heterocycles. The molecule has 0 atom stereocenters. The van der Waals surface area contributed by atoms with Crippen molar-refractivity contribution < 1.29 is 9.59 Å². The van der Waals surface area contributed by atoms with E-state index in [2.05, 4.69) is 29.1 Å². The molecule has 0 radical (unpaired) electrons. The fourth-order valence-corrected chi connectivity index (χ4v) is 4.44. The maximum Gasteiger partial charge on any atom is 0.321 e. The van der Waals surface area contributed by atoms with Gasteiger partial charge in [0.2, 0.25) is 0 Å². The van der Waals surface area contributed by atoms with Crippen LogP contribution in [0.2, 0.25) is 0 Å². The highest BCUT2D eigenvalue weighted by molar-refractivity contribution is 7.18. The van der Waals surface area contributed by atoms with E-state index in [-0.39, 0.29) is 6.03 Å². The van der Waals surface area contributed by atoms with Crippen molar-refractivity contribution in [2.24, 2.45) is 5.73 Å². The Morgan fingerprint density at radius 2 is 1.93 bits per heavy atom. The number of amides is 3. The number of anilines is 2. The van der Waals surface area contributed by atoms with E-state index >= 15 is 0 Å². The van der Waals surface area contributed by atoms with Crippen molar-refractivity contribution in [3.63, 3.8) is 0 Å². The molecule has 9 heteroatoms. The van der Waals surface area contributed by atoms with Gasteiger partial charge in [-0.05, 0) is 30.3 Å². The number of nitrogens with two attached hydrogens (primary N) is 1. The number of hydrogen-bond acceptors (Lipinski definition) is 6. The molecule has 0 unspecified atom stereocenters. The Labute approximate surface area is 178 Å². The summed E-state index contributed by atoms with van der Waals surface area (Å²) in [5.74, 6) is 0.449. The highest BCUT2D eigenvalue weighted by Gasteiger charge is 2.24. The van der Waals surface area contributed by atoms with Gasteiger partial charge in [-0.3, -0.25) is 4.79 Å². The largest absolute Gasteiger partial charge is 0.365 e. The predicted octanol–water partition coefficient (Wildman–Crippen LogP) is 3.27. The number of nitrogens with one attached hydrogen (secondary N) is 1. The summed E-state index contributed by atoms with van der Waals surface area (Å²) in [5, 5.41) is 4.08. The average molecular weight is 425 g/mol. The molecule has 4 rings (SSSR count). The second kappa shape index (κ2) is 8.27. The number of hydrogen-bond donors (Lipinski definition) is 2. The summed E-state index contributed by atoms with van der Waals surface area (Å²) in [5.41, 5.74) is 7.57. The smallest absolute Gasteiger partial charge is 0.321 e. The molecule has 156 valence electrons. The van der Waals surface area contributed by atoms with E-state index in [4.69, 9.17) is 5.73 Å². The van der Waals surface area contributed by atoms with E-state index < -0.39 is 5.91 Å². The van der Waals surface area contributed by atoms with E-state index in [9.17, 15) is 9.59 Å². The molecule has 1 saturated heterocycles. The molecule has 3 heterocycles. The normalized spacial score (nSPS) is 14.4. The first-order valence-electron chi connectivity index (χ1n) is 9.88. The van der Waals surface area contributed by atoms with Crippen LogP contribution in [0, 0.1) is 0 Å². The third-order valence-electron chi connectivity index (χ3n) is 5.07. The van der Waals surface area contributed by atoms with Crippen molar-refractivity contribution in [1.29, 1.82) is 0 Å². The van der Waals surface area contributed by atoms with Crippen LogP contribution in [0.1, 0.15) is 35.1 Å². The van der Waals surface area contributed by atoms with Crippen LogP contribution in [0.25, 0.3) is 10.2 Å². The number of thiazole rings is 1. The summed E-state index contributed by atoms with van der Waals surface area (Å²) in [4.78, 5) is 37.1. The van der Waals surface area contributed by atoms with Gasteiger partial charge >= 0.3 is 6.03 Å². The van der Waals surface area contributed by atoms with Crippen LogP contribution in [-0.4, -0.2) is 53.0 Å². The number of nitrogens with zero attached hydrogens (tertiary/aromatic N) is 4. The van der Waals surface area contributed by atoms with Crippen molar-refractivity contribution >= 4 is 45.0 Å². The quantitative estimate of drug-likeness (QED) is 0.669. The van der Waals surface area contributed by atoms with Crippen LogP contribution < -0.4 is 16.0 Å². The minimum atomic E-state index is -0.502. The minimum Gasteiger partial charge on any atom is -0.365 e. The third kappa shape index (κ3) is 4.06. The second-order valence-corrected chi connectivity index (χ2v) is 8.59. The monoisotopic (exact) mass is 424 g/mol. The lowest BCUT2D eigenvalue weighted by Gasteiger charge is -2.35. The van der Waals surface area contributed by atoms with Gasteiger partial charge in [-0.1, -0.05) is 13.8 Å². The summed E-state index contributed by atoms with van der Waals surface area (Å²) < 4.78 is 1.07. The first-order valence-corrected chi connectivity index (χ1v) is 10.7. The molecular weight excluding hydrogens is 400 g/mol. The zero-order valence-corrected chi connectivity index (χ0v) is 17.8. The first-order chi connectivity index (χ1) is 14.4. The molecule has 0 spiro atoms. The molecule has 1 aliphatic rings. The predicted molar refractivity (Wildman–Crippen MR) is 119 cm³/mol. The number of piperazine rings is 1. The molecule has 0 aliphatic carbocycles. The summed E-state index contributed by atoms with van der Waals surface area (Å²) in [7, 11) is 0. The zero-order valence-electron chi connectivity index (χ0n) is 17.0. The molecule has 1 fully saturated rings. The minimum absolute atomic E-state index is 0.140. The molecule has 2 aromatic heterocycles. The Morgan fingerprint density at radius 1 is 1.17 bits per heavy atom. The van der Waals surface area contributed by atoms with E-state index in [0.29, 0.717) is 43.5 Å². The van der Waals surface area contributed by atoms with Gasteiger partial charge in [-0.2, -0.15) is 0 Å². The van der Waals surface area contributed by atoms with Crippen LogP contribution in [-0.2, 0) is 0 Å². The molecule has 1 aromatic carbocycles. The van der Waals surface area contributed by atoms with Crippen LogP contribution >= 0.6 is 11.3 Å². The van der Waals surface area contributed by atoms with Crippen molar-refractivity contribution in [1.82, 2.24) is 14.9 Å². The molecule has 3 N–H and O–H groups in total. The Bertz CT molecular complexity index is 1090. The molecular formula is C21H24N6O2S. The van der Waals surface area contributed by atoms with Gasteiger partial charge in [-0.25, -0.2) is 14.8 Å². The highest BCUT2D eigenvalue weighted by Crippen LogP contribution is 2.29. The molecule has 0 saturated carbocycles. The summed E-state index contributed by atoms with van der Waals surface area (Å²) in [6, 6.07) is 9.02. The lowest BCUT2D eigenvalue weighted by atomic mass is 10.2. The maximum absolute atomic E-state index is 12.7. The van der Waals surface area contributed by atoms with Gasteiger partial charge < -0.3 is 20.9 Å². The third-order valence-corrected chi connectivity index (χ3v) is 6.39. The fraction of sp³-hybridized carbons (Fsp3) is 0.333. The summed E-state index contributed by atoms with van der Waals surface area (Å²) >= 11 is 1.66. The standard InChI is InChI=1S/C21H24N6O2S/c1-13(2)20-25-16-6-5-14(12-17(16)30-20)24-21(29)27-10-8-26(9-11-27)19-15(18(22)28)4-3-7-23-19/h3-7,12-13H,8-11H2,1-2H3,(H2,22,28)(H,24,29). The fourth-order valence-electron chi connectivity index (χ4n) is 3.43. The molecule has 3 amide bonds. The number of rotatable bonds is 4. The number of carbonyl (C=O) groups excluding carboxylic acids is 2. The van der Waals surface area contributed by atoms with Crippen LogP contribution in [0.4, 0.5) is 16.3 Å². The number of aromatic nitrogens is 2. The van der Waals surface area contributed by atoms with Crippen molar-refractivity contribution in [2.75, 3.05) is 36.4 Å². The lowest BCUT2D eigenvalue weighted by Crippen LogP contribution is -2.50. The van der Waals surface area contributed by atoms with Gasteiger partial charge in [0.1, 0.15) is 5.82 Å². The zero-order chi connectivity index (χ0) is 21.3. The van der Waals surface area contributed by atoms with Gasteiger partial charge in [0, 0.05) is 44.0 Å². The number of pyridine rings is 1. The second-order valence-electron chi connectivity index (χ2n) is 7.53. The molecule has 8 nitrogen and oxygen atoms in total. The van der Waals surface area contributed by atoms with Gasteiger partial charge in [0.05, 0.1) is 20.8 Å². The topological polar surface area (TPSA) is 104 Å². The SMILES string of the molecule is CC(C)c1nc2ccc(NC(=O)N3CCN(c4ncccc4C(N)=O)CC3)cc2s1. The molecule has 3 aromatic rings.